The fourth-order valence-corrected chi connectivity index (χ4v) is 4.17. The van der Waals surface area contributed by atoms with Gasteiger partial charge >= 0.3 is 13.1 Å². The van der Waals surface area contributed by atoms with E-state index in [4.69, 9.17) is 14.0 Å². The van der Waals surface area contributed by atoms with Crippen molar-refractivity contribution in [3.8, 4) is 0 Å². The number of carbonyl (C=O) groups excluding carboxylic acids is 1. The minimum Gasteiger partial charge on any atom is -0.399 e. The summed E-state index contributed by atoms with van der Waals surface area (Å²) in [6, 6.07) is 8.42. The molecule has 1 aromatic rings. The third kappa shape index (κ3) is 4.32. The lowest BCUT2D eigenvalue weighted by Crippen LogP contribution is -2.41. The minimum atomic E-state index is -0.350. The molecule has 0 radical (unpaired) electrons. The summed E-state index contributed by atoms with van der Waals surface area (Å²) in [6.07, 6.45) is 2.12. The second-order valence-electron chi connectivity index (χ2n) is 9.54. The van der Waals surface area contributed by atoms with Gasteiger partial charge < -0.3 is 23.8 Å². The number of rotatable bonds is 5. The molecular formula is C22H33BN2O4. The van der Waals surface area contributed by atoms with Gasteiger partial charge in [-0.3, -0.25) is 0 Å². The summed E-state index contributed by atoms with van der Waals surface area (Å²) >= 11 is 0. The number of hydrogen-bond acceptors (Lipinski definition) is 4. The molecule has 6 nitrogen and oxygen atoms in total. The molecule has 0 atom stereocenters. The smallest absolute Gasteiger partial charge is 0.399 e. The molecule has 4 rings (SSSR count). The van der Waals surface area contributed by atoms with Crippen molar-refractivity contribution in [3.63, 3.8) is 0 Å². The van der Waals surface area contributed by atoms with E-state index in [-0.39, 0.29) is 24.4 Å². The van der Waals surface area contributed by atoms with Crippen molar-refractivity contribution in [1.82, 2.24) is 9.80 Å². The van der Waals surface area contributed by atoms with Crippen LogP contribution < -0.4 is 5.46 Å². The highest BCUT2D eigenvalue weighted by atomic mass is 16.7. The molecule has 158 valence electrons. The van der Waals surface area contributed by atoms with E-state index in [2.05, 4.69) is 52.0 Å². The van der Waals surface area contributed by atoms with Crippen LogP contribution in [0.1, 0.15) is 46.1 Å². The van der Waals surface area contributed by atoms with Crippen LogP contribution in [0.15, 0.2) is 24.3 Å². The number of carbonyl (C=O) groups is 1. The quantitative estimate of drug-likeness (QED) is 0.714. The molecule has 3 fully saturated rings. The Morgan fingerprint density at radius 1 is 0.966 bits per heavy atom. The van der Waals surface area contributed by atoms with Crippen LogP contribution in [-0.4, -0.2) is 67.0 Å². The monoisotopic (exact) mass is 400 g/mol. The number of hydrogen-bond donors (Lipinski definition) is 0. The summed E-state index contributed by atoms with van der Waals surface area (Å²) in [6.45, 7) is 13.0. The fraction of sp³-hybridized carbons (Fsp3) is 0.682. The lowest BCUT2D eigenvalue weighted by atomic mass is 9.79. The van der Waals surface area contributed by atoms with Gasteiger partial charge in [-0.15, -0.1) is 0 Å². The Hall–Kier alpha value is -1.57. The maximum atomic E-state index is 12.8. The van der Waals surface area contributed by atoms with E-state index in [1.807, 2.05) is 9.80 Å². The number of ether oxygens (including phenoxy) is 1. The summed E-state index contributed by atoms with van der Waals surface area (Å²) in [7, 11) is -0.350. The van der Waals surface area contributed by atoms with Crippen LogP contribution in [-0.2, 0) is 20.6 Å². The lowest BCUT2D eigenvalue weighted by Gasteiger charge is -2.32. The molecule has 0 aromatic heterocycles. The van der Waals surface area contributed by atoms with Gasteiger partial charge in [0.05, 0.1) is 11.2 Å². The second kappa shape index (κ2) is 7.93. The van der Waals surface area contributed by atoms with Crippen LogP contribution in [0.2, 0.25) is 0 Å². The first-order chi connectivity index (χ1) is 13.7. The molecule has 2 amide bonds. The van der Waals surface area contributed by atoms with E-state index >= 15 is 0 Å². The van der Waals surface area contributed by atoms with Crippen molar-refractivity contribution < 1.29 is 18.8 Å². The van der Waals surface area contributed by atoms with Gasteiger partial charge in [0.15, 0.2) is 0 Å². The second-order valence-corrected chi connectivity index (χ2v) is 9.54. The summed E-state index contributed by atoms with van der Waals surface area (Å²) in [5.41, 5.74) is 1.46. The van der Waals surface area contributed by atoms with E-state index in [1.54, 1.807) is 0 Å². The Kier molecular flexibility index (Phi) is 5.66. The molecule has 3 heterocycles. The van der Waals surface area contributed by atoms with Gasteiger partial charge in [-0.25, -0.2) is 4.79 Å². The van der Waals surface area contributed by atoms with Gasteiger partial charge in [-0.1, -0.05) is 24.3 Å². The Balaban J connectivity index is 1.33. The van der Waals surface area contributed by atoms with Gasteiger partial charge in [0.25, 0.3) is 0 Å². The first-order valence-corrected chi connectivity index (χ1v) is 10.8. The van der Waals surface area contributed by atoms with Gasteiger partial charge in [-0.2, -0.15) is 0 Å². The summed E-state index contributed by atoms with van der Waals surface area (Å²) in [5.74, 6) is 0.576. The van der Waals surface area contributed by atoms with Gasteiger partial charge in [-0.05, 0) is 57.5 Å². The molecule has 7 heteroatoms. The number of nitrogens with zero attached hydrogens (tertiary/aromatic N) is 2. The Morgan fingerprint density at radius 3 is 2.17 bits per heavy atom. The summed E-state index contributed by atoms with van der Waals surface area (Å²) in [4.78, 5) is 16.7. The van der Waals surface area contributed by atoms with Crippen molar-refractivity contribution in [1.29, 1.82) is 0 Å². The van der Waals surface area contributed by atoms with E-state index < -0.39 is 0 Å². The molecule has 3 aliphatic rings. The standard InChI is InChI=1S/C22H33BN2O4/c1-21(2)22(3,4)29-23(28-21)19-7-5-17(6-8-19)15-24-11-12-25(20(24)26)16-18-9-13-27-14-10-18/h5-8,18H,9-16H2,1-4H3. The van der Waals surface area contributed by atoms with Crippen molar-refractivity contribution >= 4 is 18.6 Å². The molecule has 0 aliphatic carbocycles. The predicted octanol–water partition coefficient (Wildman–Crippen LogP) is 2.65. The van der Waals surface area contributed by atoms with Crippen molar-refractivity contribution in [2.45, 2.75) is 58.3 Å². The Bertz CT molecular complexity index is 715. The molecule has 0 spiro atoms. The van der Waals surface area contributed by atoms with E-state index in [0.717, 1.165) is 56.7 Å². The highest BCUT2D eigenvalue weighted by Gasteiger charge is 2.51. The van der Waals surface area contributed by atoms with Crippen molar-refractivity contribution in [2.24, 2.45) is 5.92 Å². The topological polar surface area (TPSA) is 51.2 Å². The fourth-order valence-electron chi connectivity index (χ4n) is 4.17. The third-order valence-corrected chi connectivity index (χ3v) is 6.88. The SMILES string of the molecule is CC1(C)OB(c2ccc(CN3CCN(CC4CCOCC4)C3=O)cc2)OC1(C)C. The van der Waals surface area contributed by atoms with E-state index in [1.165, 1.54) is 0 Å². The van der Waals surface area contributed by atoms with Crippen LogP contribution in [0, 0.1) is 5.92 Å². The van der Waals surface area contributed by atoms with Crippen molar-refractivity contribution in [2.75, 3.05) is 32.8 Å². The minimum absolute atomic E-state index is 0.159. The first kappa shape index (κ1) is 20.7. The molecule has 0 saturated carbocycles. The molecule has 29 heavy (non-hydrogen) atoms. The molecule has 3 saturated heterocycles. The maximum Gasteiger partial charge on any atom is 0.494 e. The number of amides is 2. The van der Waals surface area contributed by atoms with Crippen molar-refractivity contribution in [3.05, 3.63) is 29.8 Å². The highest BCUT2D eigenvalue weighted by molar-refractivity contribution is 6.62. The largest absolute Gasteiger partial charge is 0.494 e. The van der Waals surface area contributed by atoms with Crippen LogP contribution in [0.25, 0.3) is 0 Å². The molecule has 0 N–H and O–H groups in total. The van der Waals surface area contributed by atoms with E-state index in [0.29, 0.717) is 12.5 Å². The molecule has 1 aromatic carbocycles. The summed E-state index contributed by atoms with van der Waals surface area (Å²) in [5, 5.41) is 0. The Morgan fingerprint density at radius 2 is 1.55 bits per heavy atom. The predicted molar refractivity (Wildman–Crippen MR) is 113 cm³/mol. The molecular weight excluding hydrogens is 367 g/mol. The normalized spacial score (nSPS) is 24.6. The van der Waals surface area contributed by atoms with E-state index in [9.17, 15) is 4.79 Å². The molecule has 0 bridgehead atoms. The lowest BCUT2D eigenvalue weighted by molar-refractivity contribution is 0.00578. The average Bonchev–Trinajstić information content (AvgIpc) is 3.13. The average molecular weight is 400 g/mol. The zero-order valence-electron chi connectivity index (χ0n) is 18.1. The molecule has 3 aliphatic heterocycles. The molecule has 0 unspecified atom stereocenters. The zero-order chi connectivity index (χ0) is 20.6. The zero-order valence-corrected chi connectivity index (χ0v) is 18.1. The third-order valence-electron chi connectivity index (χ3n) is 6.88. The summed E-state index contributed by atoms with van der Waals surface area (Å²) < 4.78 is 17.7. The maximum absolute atomic E-state index is 12.8. The number of urea groups is 1. The van der Waals surface area contributed by atoms with Gasteiger partial charge in [0.2, 0.25) is 0 Å². The number of benzene rings is 1. The highest BCUT2D eigenvalue weighted by Crippen LogP contribution is 2.36. The van der Waals surface area contributed by atoms with Crippen LogP contribution in [0.5, 0.6) is 0 Å². The van der Waals surface area contributed by atoms with Crippen LogP contribution >= 0.6 is 0 Å². The Labute approximate surface area is 174 Å². The van der Waals surface area contributed by atoms with Gasteiger partial charge in [0, 0.05) is 39.4 Å². The van der Waals surface area contributed by atoms with Gasteiger partial charge in [0.1, 0.15) is 0 Å². The van der Waals surface area contributed by atoms with Crippen LogP contribution in [0.3, 0.4) is 0 Å². The van der Waals surface area contributed by atoms with Crippen LogP contribution in [0.4, 0.5) is 4.79 Å². The first-order valence-electron chi connectivity index (χ1n) is 10.8.